The van der Waals surface area contributed by atoms with Gasteiger partial charge >= 0.3 is 0 Å². The molecular weight excluding hydrogens is 378 g/mol. The van der Waals surface area contributed by atoms with Crippen molar-refractivity contribution in [2.45, 2.75) is 45.6 Å². The molecule has 1 amide bonds. The van der Waals surface area contributed by atoms with E-state index in [0.717, 1.165) is 62.9 Å². The van der Waals surface area contributed by atoms with E-state index in [1.807, 2.05) is 12.3 Å². The molecule has 0 spiro atoms. The molecule has 0 aromatic carbocycles. The number of aromatic nitrogens is 1. The second-order valence-corrected chi connectivity index (χ2v) is 8.17. The molecule has 2 fully saturated rings. The molecule has 1 aromatic heterocycles. The summed E-state index contributed by atoms with van der Waals surface area (Å²) in [7, 11) is 0. The summed E-state index contributed by atoms with van der Waals surface area (Å²) in [5, 5.41) is 6.81. The van der Waals surface area contributed by atoms with Gasteiger partial charge in [-0.2, -0.15) is 0 Å². The summed E-state index contributed by atoms with van der Waals surface area (Å²) in [6, 6.07) is 4.05. The number of rotatable bonds is 8. The van der Waals surface area contributed by atoms with Gasteiger partial charge < -0.3 is 26.2 Å². The summed E-state index contributed by atoms with van der Waals surface area (Å²) in [4.78, 5) is 25.6. The molecule has 2 saturated heterocycles. The largest absolute Gasteiger partial charge is 0.369 e. The molecular formula is C22H37N7O. The van der Waals surface area contributed by atoms with Crippen LogP contribution in [0.5, 0.6) is 0 Å². The van der Waals surface area contributed by atoms with Crippen molar-refractivity contribution in [2.75, 3.05) is 50.7 Å². The maximum atomic E-state index is 11.4. The number of primary amides is 1. The normalized spacial score (nSPS) is 19.0. The molecule has 3 rings (SSSR count). The van der Waals surface area contributed by atoms with Crippen LogP contribution in [0, 0.1) is 5.92 Å². The van der Waals surface area contributed by atoms with Gasteiger partial charge in [0.15, 0.2) is 5.96 Å². The third kappa shape index (κ3) is 6.58. The van der Waals surface area contributed by atoms with Crippen LogP contribution in [-0.2, 0) is 11.3 Å². The van der Waals surface area contributed by atoms with E-state index in [2.05, 4.69) is 38.4 Å². The minimum atomic E-state index is -0.189. The minimum absolute atomic E-state index is 0.0177. The van der Waals surface area contributed by atoms with E-state index < -0.39 is 0 Å². The van der Waals surface area contributed by atoms with E-state index in [0.29, 0.717) is 6.54 Å². The molecule has 166 valence electrons. The van der Waals surface area contributed by atoms with Crippen molar-refractivity contribution in [2.24, 2.45) is 16.6 Å². The fraction of sp³-hybridized carbons (Fsp3) is 0.682. The predicted molar refractivity (Wildman–Crippen MR) is 121 cm³/mol. The summed E-state index contributed by atoms with van der Waals surface area (Å²) in [5.74, 6) is 1.60. The van der Waals surface area contributed by atoms with Gasteiger partial charge in [0.05, 0.1) is 6.54 Å². The Bertz CT molecular complexity index is 694. The van der Waals surface area contributed by atoms with E-state index in [1.54, 1.807) is 0 Å². The number of guanidine groups is 1. The zero-order valence-corrected chi connectivity index (χ0v) is 18.3. The molecule has 0 atom stereocenters. The van der Waals surface area contributed by atoms with Gasteiger partial charge in [-0.3, -0.25) is 4.79 Å². The third-order valence-electron chi connectivity index (χ3n) is 5.99. The molecule has 4 N–H and O–H groups in total. The Kier molecular flexibility index (Phi) is 8.74. The van der Waals surface area contributed by atoms with Gasteiger partial charge in [0.25, 0.3) is 0 Å². The number of amides is 1. The van der Waals surface area contributed by atoms with Crippen LogP contribution in [0.3, 0.4) is 0 Å². The highest BCUT2D eigenvalue weighted by molar-refractivity contribution is 5.79. The zero-order valence-electron chi connectivity index (χ0n) is 18.3. The Morgan fingerprint density at radius 2 is 1.97 bits per heavy atom. The number of hydrogen-bond donors (Lipinski definition) is 3. The Hall–Kier alpha value is -2.35. The lowest BCUT2D eigenvalue weighted by Crippen LogP contribution is -2.42. The van der Waals surface area contributed by atoms with Crippen LogP contribution in [0.1, 0.15) is 44.6 Å². The van der Waals surface area contributed by atoms with Crippen LogP contribution < -0.4 is 21.3 Å². The maximum Gasteiger partial charge on any atom is 0.220 e. The first-order valence-electron chi connectivity index (χ1n) is 11.4. The van der Waals surface area contributed by atoms with Crippen molar-refractivity contribution < 1.29 is 4.79 Å². The van der Waals surface area contributed by atoms with Crippen molar-refractivity contribution in [3.63, 3.8) is 0 Å². The van der Waals surface area contributed by atoms with Crippen LogP contribution in [0.15, 0.2) is 23.3 Å². The molecule has 30 heavy (non-hydrogen) atoms. The molecule has 1 aromatic rings. The molecule has 8 heteroatoms. The fourth-order valence-corrected chi connectivity index (χ4v) is 4.24. The molecule has 2 aliphatic rings. The maximum absolute atomic E-state index is 11.4. The predicted octanol–water partition coefficient (Wildman–Crippen LogP) is 1.32. The Balaban J connectivity index is 1.56. The van der Waals surface area contributed by atoms with E-state index in [1.165, 1.54) is 32.4 Å². The summed E-state index contributed by atoms with van der Waals surface area (Å²) >= 11 is 0. The number of nitrogens with one attached hydrogen (secondary N) is 2. The Morgan fingerprint density at radius 1 is 1.20 bits per heavy atom. The van der Waals surface area contributed by atoms with Gasteiger partial charge in [-0.05, 0) is 51.8 Å². The smallest absolute Gasteiger partial charge is 0.220 e. The van der Waals surface area contributed by atoms with Crippen LogP contribution in [0.2, 0.25) is 0 Å². The van der Waals surface area contributed by atoms with Crippen molar-refractivity contribution in [1.82, 2.24) is 20.5 Å². The lowest BCUT2D eigenvalue weighted by atomic mass is 9.96. The van der Waals surface area contributed by atoms with Gasteiger partial charge in [-0.15, -0.1) is 0 Å². The van der Waals surface area contributed by atoms with Gasteiger partial charge in [-0.1, -0.05) is 12.5 Å². The topological polar surface area (TPSA) is 98.9 Å². The fourth-order valence-electron chi connectivity index (χ4n) is 4.24. The molecule has 2 aliphatic heterocycles. The van der Waals surface area contributed by atoms with Crippen molar-refractivity contribution >= 4 is 17.7 Å². The number of hydrogen-bond acceptors (Lipinski definition) is 5. The van der Waals surface area contributed by atoms with E-state index in [4.69, 9.17) is 10.7 Å². The first kappa shape index (κ1) is 22.3. The van der Waals surface area contributed by atoms with E-state index >= 15 is 0 Å². The van der Waals surface area contributed by atoms with Gasteiger partial charge in [0.1, 0.15) is 5.82 Å². The third-order valence-corrected chi connectivity index (χ3v) is 5.99. The zero-order chi connectivity index (χ0) is 21.2. The number of likely N-dealkylation sites (tertiary alicyclic amines) is 1. The van der Waals surface area contributed by atoms with Gasteiger partial charge in [-0.25, -0.2) is 9.98 Å². The molecule has 0 radical (unpaired) electrons. The van der Waals surface area contributed by atoms with Crippen LogP contribution in [-0.4, -0.2) is 67.6 Å². The van der Waals surface area contributed by atoms with Crippen molar-refractivity contribution in [3.8, 4) is 0 Å². The highest BCUT2D eigenvalue weighted by Gasteiger charge is 2.24. The van der Waals surface area contributed by atoms with Crippen LogP contribution in [0.4, 0.5) is 5.82 Å². The molecule has 0 unspecified atom stereocenters. The highest BCUT2D eigenvalue weighted by Crippen LogP contribution is 2.24. The molecule has 3 heterocycles. The molecule has 0 bridgehead atoms. The summed E-state index contributed by atoms with van der Waals surface area (Å²) in [5.41, 5.74) is 6.57. The minimum Gasteiger partial charge on any atom is -0.369 e. The number of carbonyl (C=O) groups excluding carboxylic acids is 1. The summed E-state index contributed by atoms with van der Waals surface area (Å²) < 4.78 is 0. The van der Waals surface area contributed by atoms with Crippen LogP contribution in [0.25, 0.3) is 0 Å². The number of anilines is 1. The average molecular weight is 416 g/mol. The average Bonchev–Trinajstić information content (AvgIpc) is 2.78. The number of piperidine rings is 2. The summed E-state index contributed by atoms with van der Waals surface area (Å²) in [6.45, 7) is 9.45. The quantitative estimate of drug-likeness (QED) is 0.438. The standard InChI is InChI=1S/C22H37N7O/c1-2-24-22(26-11-16-28-12-4-3-5-13-28)27-17-19-7-6-10-25-21(19)29-14-8-18(9-15-29)20(23)30/h6-7,10,18H,2-5,8-9,11-17H2,1H3,(H2,23,30)(H2,24,26,27). The summed E-state index contributed by atoms with van der Waals surface area (Å²) in [6.07, 6.45) is 7.39. The number of nitrogens with two attached hydrogens (primary N) is 1. The number of pyridine rings is 1. The molecule has 0 aliphatic carbocycles. The molecule has 0 saturated carbocycles. The number of carbonyl (C=O) groups is 1. The number of aliphatic imine (C=N–C) groups is 1. The van der Waals surface area contributed by atoms with Crippen molar-refractivity contribution in [1.29, 1.82) is 0 Å². The monoisotopic (exact) mass is 415 g/mol. The lowest BCUT2D eigenvalue weighted by Gasteiger charge is -2.32. The van der Waals surface area contributed by atoms with Gasteiger partial charge in [0, 0.05) is 50.4 Å². The second-order valence-electron chi connectivity index (χ2n) is 8.17. The Morgan fingerprint density at radius 3 is 2.67 bits per heavy atom. The highest BCUT2D eigenvalue weighted by atomic mass is 16.1. The van der Waals surface area contributed by atoms with E-state index in [-0.39, 0.29) is 11.8 Å². The lowest BCUT2D eigenvalue weighted by molar-refractivity contribution is -0.122. The Labute approximate surface area is 180 Å². The molecule has 8 nitrogen and oxygen atoms in total. The first-order chi connectivity index (χ1) is 14.7. The first-order valence-corrected chi connectivity index (χ1v) is 11.4. The van der Waals surface area contributed by atoms with Gasteiger partial charge in [0.2, 0.25) is 5.91 Å². The van der Waals surface area contributed by atoms with E-state index in [9.17, 15) is 4.79 Å². The van der Waals surface area contributed by atoms with Crippen molar-refractivity contribution in [3.05, 3.63) is 23.9 Å². The SMILES string of the molecule is CCNC(=NCc1cccnc1N1CCC(C(N)=O)CC1)NCCN1CCCCC1. The van der Waals surface area contributed by atoms with Crippen LogP contribution >= 0.6 is 0 Å². The second kappa shape index (κ2) is 11.7. The number of nitrogens with zero attached hydrogens (tertiary/aromatic N) is 4.